The number of amides is 1. The minimum Gasteiger partial charge on any atom is -0.489 e. The molecule has 3 rings (SSSR count). The highest BCUT2D eigenvalue weighted by Crippen LogP contribution is 2.26. The second kappa shape index (κ2) is 9.55. The van der Waals surface area contributed by atoms with Crippen LogP contribution in [-0.4, -0.2) is 39.8 Å². The van der Waals surface area contributed by atoms with Gasteiger partial charge < -0.3 is 10.1 Å². The van der Waals surface area contributed by atoms with Crippen molar-refractivity contribution >= 4 is 5.91 Å². The number of carbonyl (C=O) groups excluding carboxylic acids is 1. The topological polar surface area (TPSA) is 59.4 Å². The monoisotopic (exact) mass is 370 g/mol. The van der Waals surface area contributed by atoms with Gasteiger partial charge in [-0.2, -0.15) is 5.10 Å². The van der Waals surface area contributed by atoms with Crippen molar-refractivity contribution in [1.82, 2.24) is 20.0 Å². The Hall–Kier alpha value is -2.34. The molecule has 0 saturated carbocycles. The first-order chi connectivity index (χ1) is 13.1. The van der Waals surface area contributed by atoms with Gasteiger partial charge in [-0.1, -0.05) is 31.5 Å². The number of nitrogens with one attached hydrogen (secondary N) is 1. The summed E-state index contributed by atoms with van der Waals surface area (Å²) in [7, 11) is 1.87. The Kier molecular flexibility index (Phi) is 6.87. The maximum atomic E-state index is 12.3. The number of nitrogens with zero attached hydrogens (tertiary/aromatic N) is 3. The van der Waals surface area contributed by atoms with Crippen molar-refractivity contribution in [3.63, 3.8) is 0 Å². The third-order valence-electron chi connectivity index (χ3n) is 4.90. The number of fused-ring (bicyclic) bond motifs is 1. The van der Waals surface area contributed by atoms with E-state index in [1.807, 2.05) is 25.4 Å². The van der Waals surface area contributed by atoms with Gasteiger partial charge in [0.2, 0.25) is 5.91 Å². The summed E-state index contributed by atoms with van der Waals surface area (Å²) in [4.78, 5) is 14.6. The molecule has 146 valence electrons. The summed E-state index contributed by atoms with van der Waals surface area (Å²) in [5, 5.41) is 7.10. The number of benzene rings is 1. The Morgan fingerprint density at radius 2 is 2.22 bits per heavy atom. The van der Waals surface area contributed by atoms with Crippen molar-refractivity contribution in [1.29, 1.82) is 0 Å². The van der Waals surface area contributed by atoms with E-state index in [1.165, 1.54) is 5.56 Å². The Labute approximate surface area is 161 Å². The number of hydrogen-bond acceptors (Lipinski definition) is 4. The van der Waals surface area contributed by atoms with Gasteiger partial charge in [0.05, 0.1) is 6.20 Å². The van der Waals surface area contributed by atoms with E-state index < -0.39 is 0 Å². The molecule has 1 N–H and O–H groups in total. The second-order valence-electron chi connectivity index (χ2n) is 7.27. The number of rotatable bonds is 8. The zero-order valence-electron chi connectivity index (χ0n) is 16.4. The zero-order chi connectivity index (χ0) is 19.1. The fourth-order valence-corrected chi connectivity index (χ4v) is 3.42. The van der Waals surface area contributed by atoms with Gasteiger partial charge in [-0.3, -0.25) is 14.4 Å². The number of unbranched alkanes of at least 4 members (excludes halogenated alkanes) is 1. The van der Waals surface area contributed by atoms with Crippen molar-refractivity contribution < 1.29 is 9.53 Å². The molecule has 0 radical (unpaired) electrons. The van der Waals surface area contributed by atoms with Gasteiger partial charge in [0.25, 0.3) is 0 Å². The molecule has 1 aromatic heterocycles. The summed E-state index contributed by atoms with van der Waals surface area (Å²) in [6.45, 7) is 5.16. The SMILES string of the molecule is CCCC[C@@H]1CN(CCC(=O)NCc2cnn(C)c2)Cc2ccccc2O1. The molecular weight excluding hydrogens is 340 g/mol. The van der Waals surface area contributed by atoms with Crippen LogP contribution < -0.4 is 10.1 Å². The highest BCUT2D eigenvalue weighted by atomic mass is 16.5. The van der Waals surface area contributed by atoms with Gasteiger partial charge in [0.1, 0.15) is 11.9 Å². The number of hydrogen-bond donors (Lipinski definition) is 1. The molecule has 0 unspecified atom stereocenters. The Balaban J connectivity index is 1.53. The molecule has 0 bridgehead atoms. The smallest absolute Gasteiger partial charge is 0.221 e. The van der Waals surface area contributed by atoms with E-state index in [-0.39, 0.29) is 12.0 Å². The average molecular weight is 370 g/mol. The van der Waals surface area contributed by atoms with E-state index in [1.54, 1.807) is 10.9 Å². The third kappa shape index (κ3) is 5.82. The van der Waals surface area contributed by atoms with Crippen LogP contribution in [0.5, 0.6) is 5.75 Å². The average Bonchev–Trinajstić information content (AvgIpc) is 2.99. The van der Waals surface area contributed by atoms with Crippen molar-refractivity contribution in [2.45, 2.75) is 51.8 Å². The molecular formula is C21H30N4O2. The lowest BCUT2D eigenvalue weighted by Crippen LogP contribution is -2.35. The highest BCUT2D eigenvalue weighted by Gasteiger charge is 2.22. The van der Waals surface area contributed by atoms with Gasteiger partial charge in [0.15, 0.2) is 0 Å². The molecule has 27 heavy (non-hydrogen) atoms. The lowest BCUT2D eigenvalue weighted by atomic mass is 10.1. The zero-order valence-corrected chi connectivity index (χ0v) is 16.4. The van der Waals surface area contributed by atoms with Crippen LogP contribution in [0.1, 0.15) is 43.7 Å². The molecule has 6 nitrogen and oxygen atoms in total. The first kappa shape index (κ1) is 19.4. The van der Waals surface area contributed by atoms with Gasteiger partial charge in [-0.25, -0.2) is 0 Å². The molecule has 0 fully saturated rings. The number of para-hydroxylation sites is 1. The lowest BCUT2D eigenvalue weighted by molar-refractivity contribution is -0.121. The van der Waals surface area contributed by atoms with Gasteiger partial charge >= 0.3 is 0 Å². The minimum absolute atomic E-state index is 0.0717. The maximum Gasteiger partial charge on any atom is 0.221 e. The van der Waals surface area contributed by atoms with Gasteiger partial charge in [-0.15, -0.1) is 0 Å². The largest absolute Gasteiger partial charge is 0.489 e. The van der Waals surface area contributed by atoms with Crippen molar-refractivity contribution in [2.75, 3.05) is 13.1 Å². The van der Waals surface area contributed by atoms with Crippen LogP contribution in [0.25, 0.3) is 0 Å². The van der Waals surface area contributed by atoms with Crippen LogP contribution in [-0.2, 0) is 24.9 Å². The van der Waals surface area contributed by atoms with Crippen LogP contribution >= 0.6 is 0 Å². The minimum atomic E-state index is 0.0717. The third-order valence-corrected chi connectivity index (χ3v) is 4.90. The molecule has 0 saturated heterocycles. The van der Waals surface area contributed by atoms with E-state index in [4.69, 9.17) is 4.74 Å². The molecule has 1 aliphatic heterocycles. The first-order valence-electron chi connectivity index (χ1n) is 9.85. The van der Waals surface area contributed by atoms with E-state index >= 15 is 0 Å². The summed E-state index contributed by atoms with van der Waals surface area (Å²) < 4.78 is 7.99. The van der Waals surface area contributed by atoms with E-state index in [0.717, 1.165) is 50.2 Å². The van der Waals surface area contributed by atoms with Crippen LogP contribution in [0, 0.1) is 0 Å². The fourth-order valence-electron chi connectivity index (χ4n) is 3.42. The number of aromatic nitrogens is 2. The van der Waals surface area contributed by atoms with E-state index in [9.17, 15) is 4.79 Å². The molecule has 0 aliphatic carbocycles. The summed E-state index contributed by atoms with van der Waals surface area (Å²) in [5.74, 6) is 1.06. The molecule has 6 heteroatoms. The van der Waals surface area contributed by atoms with Crippen molar-refractivity contribution in [2.24, 2.45) is 7.05 Å². The molecule has 1 aliphatic rings. The number of carbonyl (C=O) groups is 1. The normalized spacial score (nSPS) is 17.0. The fraction of sp³-hybridized carbons (Fsp3) is 0.524. The predicted octanol–water partition coefficient (Wildman–Crippen LogP) is 2.88. The molecule has 1 aromatic carbocycles. The Morgan fingerprint density at radius 3 is 3.00 bits per heavy atom. The Morgan fingerprint density at radius 1 is 1.37 bits per heavy atom. The second-order valence-corrected chi connectivity index (χ2v) is 7.27. The van der Waals surface area contributed by atoms with Gasteiger partial charge in [0, 0.05) is 57.0 Å². The van der Waals surface area contributed by atoms with Gasteiger partial charge in [-0.05, 0) is 18.9 Å². The highest BCUT2D eigenvalue weighted by molar-refractivity contribution is 5.76. The van der Waals surface area contributed by atoms with E-state index in [0.29, 0.717) is 13.0 Å². The molecule has 1 atom stereocenters. The quantitative estimate of drug-likeness (QED) is 0.776. The standard InChI is InChI=1S/C21H30N4O2/c1-3-4-8-19-16-25(15-18-7-5-6-9-20(18)27-19)11-10-21(26)22-12-17-13-23-24(2)14-17/h5-7,9,13-14,19H,3-4,8,10-12,15-16H2,1-2H3,(H,22,26)/t19-/m1/s1. The summed E-state index contributed by atoms with van der Waals surface area (Å²) in [6, 6.07) is 8.25. The number of aryl methyl sites for hydroxylation is 1. The maximum absolute atomic E-state index is 12.3. The summed E-state index contributed by atoms with van der Waals surface area (Å²) in [5.41, 5.74) is 2.22. The summed E-state index contributed by atoms with van der Waals surface area (Å²) in [6.07, 6.45) is 7.75. The number of ether oxygens (including phenoxy) is 1. The van der Waals surface area contributed by atoms with Crippen molar-refractivity contribution in [3.8, 4) is 5.75 Å². The predicted molar refractivity (Wildman–Crippen MR) is 105 cm³/mol. The van der Waals surface area contributed by atoms with Crippen LogP contribution in [0.3, 0.4) is 0 Å². The van der Waals surface area contributed by atoms with Crippen LogP contribution in [0.4, 0.5) is 0 Å². The molecule has 1 amide bonds. The Bertz CT molecular complexity index is 743. The summed E-state index contributed by atoms with van der Waals surface area (Å²) >= 11 is 0. The van der Waals surface area contributed by atoms with Crippen LogP contribution in [0.15, 0.2) is 36.7 Å². The molecule has 2 aromatic rings. The van der Waals surface area contributed by atoms with Crippen LogP contribution in [0.2, 0.25) is 0 Å². The lowest BCUT2D eigenvalue weighted by Gasteiger charge is -2.23. The van der Waals surface area contributed by atoms with E-state index in [2.05, 4.69) is 34.4 Å². The van der Waals surface area contributed by atoms with Crippen molar-refractivity contribution in [3.05, 3.63) is 47.8 Å². The molecule has 0 spiro atoms. The molecule has 2 heterocycles. The first-order valence-corrected chi connectivity index (χ1v) is 9.85.